The van der Waals surface area contributed by atoms with E-state index in [-0.39, 0.29) is 6.54 Å². The van der Waals surface area contributed by atoms with Gasteiger partial charge in [-0.05, 0) is 11.6 Å². The molecule has 17 heavy (non-hydrogen) atoms. The molecule has 0 saturated carbocycles. The SMILES string of the molecule is FC(F)(F)CCNCC1CSc2ccccc21. The maximum atomic E-state index is 12.0. The van der Waals surface area contributed by atoms with Crippen molar-refractivity contribution < 1.29 is 13.2 Å². The minimum Gasteiger partial charge on any atom is -0.316 e. The Labute approximate surface area is 103 Å². The number of alkyl halides is 3. The highest BCUT2D eigenvalue weighted by Gasteiger charge is 2.27. The van der Waals surface area contributed by atoms with E-state index in [9.17, 15) is 13.2 Å². The van der Waals surface area contributed by atoms with Gasteiger partial charge in [-0.2, -0.15) is 13.2 Å². The first-order chi connectivity index (χ1) is 8.06. The van der Waals surface area contributed by atoms with Crippen LogP contribution in [0.3, 0.4) is 0 Å². The summed E-state index contributed by atoms with van der Waals surface area (Å²) in [6.07, 6.45) is -4.82. The maximum Gasteiger partial charge on any atom is 0.390 e. The van der Waals surface area contributed by atoms with E-state index in [0.717, 1.165) is 5.75 Å². The first kappa shape index (κ1) is 12.8. The molecule has 0 spiro atoms. The molecule has 1 unspecified atom stereocenters. The van der Waals surface area contributed by atoms with E-state index in [2.05, 4.69) is 17.4 Å². The number of benzene rings is 1. The first-order valence-corrected chi connectivity index (χ1v) is 6.54. The van der Waals surface area contributed by atoms with Crippen LogP contribution in [-0.4, -0.2) is 25.0 Å². The number of halogens is 3. The van der Waals surface area contributed by atoms with E-state index < -0.39 is 12.6 Å². The third-order valence-electron chi connectivity index (χ3n) is 2.77. The smallest absolute Gasteiger partial charge is 0.316 e. The van der Waals surface area contributed by atoms with Crippen LogP contribution in [0.1, 0.15) is 17.9 Å². The predicted molar refractivity (Wildman–Crippen MR) is 63.4 cm³/mol. The topological polar surface area (TPSA) is 12.0 Å². The molecule has 0 radical (unpaired) electrons. The van der Waals surface area contributed by atoms with E-state index in [1.165, 1.54) is 10.5 Å². The summed E-state index contributed by atoms with van der Waals surface area (Å²) < 4.78 is 35.9. The van der Waals surface area contributed by atoms with Crippen LogP contribution in [0.5, 0.6) is 0 Å². The fraction of sp³-hybridized carbons (Fsp3) is 0.500. The molecule has 0 aliphatic carbocycles. The number of hydrogen-bond acceptors (Lipinski definition) is 2. The van der Waals surface area contributed by atoms with Crippen molar-refractivity contribution in [2.24, 2.45) is 0 Å². The van der Waals surface area contributed by atoms with Crippen LogP contribution in [0.2, 0.25) is 0 Å². The normalized spacial score (nSPS) is 19.4. The molecule has 1 aliphatic rings. The van der Waals surface area contributed by atoms with Gasteiger partial charge in [-0.15, -0.1) is 11.8 Å². The third kappa shape index (κ3) is 3.64. The average Bonchev–Trinajstić information content (AvgIpc) is 2.67. The van der Waals surface area contributed by atoms with E-state index in [4.69, 9.17) is 0 Å². The summed E-state index contributed by atoms with van der Waals surface area (Å²) in [7, 11) is 0. The molecule has 1 aliphatic heterocycles. The Bertz CT molecular complexity index is 378. The highest BCUT2D eigenvalue weighted by atomic mass is 32.2. The van der Waals surface area contributed by atoms with E-state index in [1.807, 2.05) is 12.1 Å². The lowest BCUT2D eigenvalue weighted by Gasteiger charge is -2.12. The molecule has 1 aromatic rings. The lowest BCUT2D eigenvalue weighted by atomic mass is 10.0. The quantitative estimate of drug-likeness (QED) is 0.833. The van der Waals surface area contributed by atoms with Crippen LogP contribution >= 0.6 is 11.8 Å². The maximum absolute atomic E-state index is 12.0. The minimum absolute atomic E-state index is 0.00678. The molecule has 1 nitrogen and oxygen atoms in total. The Morgan fingerprint density at radius 3 is 2.82 bits per heavy atom. The molecule has 0 aromatic heterocycles. The van der Waals surface area contributed by atoms with Crippen LogP contribution in [0.25, 0.3) is 0 Å². The molecular formula is C12H14F3NS. The summed E-state index contributed by atoms with van der Waals surface area (Å²) in [5, 5.41) is 2.89. The van der Waals surface area contributed by atoms with Gasteiger partial charge in [-0.1, -0.05) is 18.2 Å². The predicted octanol–water partition coefficient (Wildman–Crippen LogP) is 3.42. The molecule has 0 bridgehead atoms. The van der Waals surface area contributed by atoms with Gasteiger partial charge in [0.25, 0.3) is 0 Å². The molecule has 1 heterocycles. The first-order valence-electron chi connectivity index (χ1n) is 5.55. The Hall–Kier alpha value is -0.680. The van der Waals surface area contributed by atoms with E-state index in [1.54, 1.807) is 11.8 Å². The molecule has 0 saturated heterocycles. The summed E-state index contributed by atoms with van der Waals surface area (Å²) in [4.78, 5) is 1.26. The lowest BCUT2D eigenvalue weighted by Crippen LogP contribution is -2.26. The molecular weight excluding hydrogens is 247 g/mol. The van der Waals surface area contributed by atoms with Gasteiger partial charge in [0.1, 0.15) is 0 Å². The van der Waals surface area contributed by atoms with Crippen LogP contribution in [0.4, 0.5) is 13.2 Å². The van der Waals surface area contributed by atoms with Crippen LogP contribution in [0, 0.1) is 0 Å². The standard InChI is InChI=1S/C12H14F3NS/c13-12(14,15)5-6-16-7-9-8-17-11-4-2-1-3-10(9)11/h1-4,9,16H,5-8H2. The van der Waals surface area contributed by atoms with Crippen LogP contribution in [-0.2, 0) is 0 Å². The second-order valence-electron chi connectivity index (χ2n) is 4.12. The molecule has 0 amide bonds. The lowest BCUT2D eigenvalue weighted by molar-refractivity contribution is -0.133. The van der Waals surface area contributed by atoms with Gasteiger partial charge in [0.2, 0.25) is 0 Å². The van der Waals surface area contributed by atoms with Gasteiger partial charge in [-0.25, -0.2) is 0 Å². The van der Waals surface area contributed by atoms with Gasteiger partial charge >= 0.3 is 6.18 Å². The largest absolute Gasteiger partial charge is 0.390 e. The number of nitrogens with one attached hydrogen (secondary N) is 1. The average molecular weight is 261 g/mol. The molecule has 94 valence electrons. The number of thioether (sulfide) groups is 1. The zero-order valence-electron chi connectivity index (χ0n) is 9.26. The molecule has 1 N–H and O–H groups in total. The van der Waals surface area contributed by atoms with Gasteiger partial charge < -0.3 is 5.32 Å². The van der Waals surface area contributed by atoms with Crippen molar-refractivity contribution in [3.8, 4) is 0 Å². The van der Waals surface area contributed by atoms with Crippen molar-refractivity contribution in [1.82, 2.24) is 5.32 Å². The van der Waals surface area contributed by atoms with Gasteiger partial charge in [0.15, 0.2) is 0 Å². The molecule has 0 fully saturated rings. The van der Waals surface area contributed by atoms with Crippen molar-refractivity contribution in [2.75, 3.05) is 18.8 Å². The third-order valence-corrected chi connectivity index (χ3v) is 4.03. The van der Waals surface area contributed by atoms with E-state index in [0.29, 0.717) is 12.5 Å². The summed E-state index contributed by atoms with van der Waals surface area (Å²) in [6.45, 7) is 0.632. The van der Waals surface area contributed by atoms with Crippen LogP contribution in [0.15, 0.2) is 29.2 Å². The Balaban J connectivity index is 1.78. The fourth-order valence-corrected chi connectivity index (χ4v) is 3.16. The number of hydrogen-bond donors (Lipinski definition) is 1. The Morgan fingerprint density at radius 1 is 1.29 bits per heavy atom. The van der Waals surface area contributed by atoms with E-state index >= 15 is 0 Å². The highest BCUT2D eigenvalue weighted by molar-refractivity contribution is 7.99. The monoisotopic (exact) mass is 261 g/mol. The summed E-state index contributed by atoms with van der Waals surface area (Å²) >= 11 is 1.78. The van der Waals surface area contributed by atoms with Gasteiger partial charge in [0.05, 0.1) is 6.42 Å². The zero-order chi connectivity index (χ0) is 12.3. The Morgan fingerprint density at radius 2 is 2.06 bits per heavy atom. The molecule has 2 rings (SSSR count). The minimum atomic E-state index is -4.06. The fourth-order valence-electron chi connectivity index (χ4n) is 1.90. The summed E-state index contributed by atoms with van der Waals surface area (Å²) in [5.74, 6) is 1.29. The molecule has 1 atom stereocenters. The van der Waals surface area contributed by atoms with Gasteiger partial charge in [0, 0.05) is 29.7 Å². The van der Waals surface area contributed by atoms with Crippen molar-refractivity contribution in [1.29, 1.82) is 0 Å². The Kier molecular flexibility index (Phi) is 3.99. The highest BCUT2D eigenvalue weighted by Crippen LogP contribution is 2.38. The van der Waals surface area contributed by atoms with Crippen molar-refractivity contribution >= 4 is 11.8 Å². The van der Waals surface area contributed by atoms with Gasteiger partial charge in [-0.3, -0.25) is 0 Å². The van der Waals surface area contributed by atoms with Crippen molar-refractivity contribution in [3.05, 3.63) is 29.8 Å². The number of fused-ring (bicyclic) bond motifs is 1. The van der Waals surface area contributed by atoms with Crippen LogP contribution < -0.4 is 5.32 Å². The zero-order valence-corrected chi connectivity index (χ0v) is 10.1. The second kappa shape index (κ2) is 5.31. The number of rotatable bonds is 4. The summed E-state index contributed by atoms with van der Waals surface area (Å²) in [6, 6.07) is 8.10. The summed E-state index contributed by atoms with van der Waals surface area (Å²) in [5.41, 5.74) is 1.26. The second-order valence-corrected chi connectivity index (χ2v) is 5.18. The van der Waals surface area contributed by atoms with Crippen molar-refractivity contribution in [2.45, 2.75) is 23.4 Å². The molecule has 1 aromatic carbocycles. The molecule has 5 heteroatoms. The van der Waals surface area contributed by atoms with Crippen molar-refractivity contribution in [3.63, 3.8) is 0 Å².